The van der Waals surface area contributed by atoms with Crippen LogP contribution < -0.4 is 14.2 Å². The van der Waals surface area contributed by atoms with Gasteiger partial charge in [0.05, 0.1) is 5.92 Å². The van der Waals surface area contributed by atoms with E-state index in [1.165, 1.54) is 6.07 Å². The minimum absolute atomic E-state index is 0.249. The van der Waals surface area contributed by atoms with Gasteiger partial charge in [0.25, 0.3) is 0 Å². The van der Waals surface area contributed by atoms with Crippen LogP contribution in [-0.4, -0.2) is 17.9 Å². The van der Waals surface area contributed by atoms with Crippen LogP contribution in [0.2, 0.25) is 0 Å². The molecule has 0 aliphatic heterocycles. The standard InChI is InChI=1S/C22H20O6/c1-5-20(23)26-17-11-8-16(9-12-17)15(4)22(25)28-19-13-18(10-7-14(19)3)27-21(24)6-2/h5-13,15H,1-2H2,3-4H3. The molecule has 6 nitrogen and oxygen atoms in total. The lowest BCUT2D eigenvalue weighted by Gasteiger charge is -2.14. The van der Waals surface area contributed by atoms with Gasteiger partial charge in [0, 0.05) is 18.2 Å². The number of carbonyl (C=O) groups excluding carboxylic acids is 3. The maximum Gasteiger partial charge on any atom is 0.335 e. The molecule has 1 atom stereocenters. The number of hydrogen-bond donors (Lipinski definition) is 0. The summed E-state index contributed by atoms with van der Waals surface area (Å²) in [4.78, 5) is 35.0. The second-order valence-corrected chi connectivity index (χ2v) is 5.89. The first-order valence-electron chi connectivity index (χ1n) is 8.45. The molecule has 0 fully saturated rings. The van der Waals surface area contributed by atoms with Crippen LogP contribution in [0, 0.1) is 6.92 Å². The Balaban J connectivity index is 2.10. The van der Waals surface area contributed by atoms with Gasteiger partial charge in [-0.15, -0.1) is 0 Å². The molecule has 2 aromatic rings. The Morgan fingerprint density at radius 1 is 0.857 bits per heavy atom. The van der Waals surface area contributed by atoms with Gasteiger partial charge >= 0.3 is 17.9 Å². The molecule has 0 aliphatic rings. The summed E-state index contributed by atoms with van der Waals surface area (Å²) in [6, 6.07) is 11.3. The summed E-state index contributed by atoms with van der Waals surface area (Å²) >= 11 is 0. The summed E-state index contributed by atoms with van der Waals surface area (Å²) in [5.74, 6) is -1.32. The van der Waals surface area contributed by atoms with E-state index in [1.54, 1.807) is 50.2 Å². The fourth-order valence-corrected chi connectivity index (χ4v) is 2.23. The smallest absolute Gasteiger partial charge is 0.335 e. The lowest BCUT2D eigenvalue weighted by Crippen LogP contribution is -2.17. The number of rotatable bonds is 7. The molecule has 2 aromatic carbocycles. The van der Waals surface area contributed by atoms with Gasteiger partial charge in [-0.1, -0.05) is 31.4 Å². The molecule has 6 heteroatoms. The maximum atomic E-state index is 12.5. The highest BCUT2D eigenvalue weighted by atomic mass is 16.5. The van der Waals surface area contributed by atoms with E-state index in [-0.39, 0.29) is 5.75 Å². The van der Waals surface area contributed by atoms with E-state index in [4.69, 9.17) is 14.2 Å². The van der Waals surface area contributed by atoms with Crippen molar-refractivity contribution < 1.29 is 28.6 Å². The normalized spacial score (nSPS) is 11.1. The highest BCUT2D eigenvalue weighted by Crippen LogP contribution is 2.27. The SMILES string of the molecule is C=CC(=O)Oc1ccc(C(C)C(=O)Oc2cc(OC(=O)C=C)ccc2C)cc1. The van der Waals surface area contributed by atoms with Crippen LogP contribution in [0.15, 0.2) is 67.8 Å². The van der Waals surface area contributed by atoms with Crippen molar-refractivity contribution in [2.75, 3.05) is 0 Å². The Morgan fingerprint density at radius 2 is 1.39 bits per heavy atom. The van der Waals surface area contributed by atoms with Crippen LogP contribution in [0.5, 0.6) is 17.2 Å². The molecule has 0 amide bonds. The summed E-state index contributed by atoms with van der Waals surface area (Å²) < 4.78 is 15.5. The summed E-state index contributed by atoms with van der Waals surface area (Å²) in [5.41, 5.74) is 1.40. The van der Waals surface area contributed by atoms with Gasteiger partial charge in [-0.25, -0.2) is 9.59 Å². The van der Waals surface area contributed by atoms with Gasteiger partial charge in [-0.05, 0) is 43.2 Å². The van der Waals surface area contributed by atoms with E-state index in [0.29, 0.717) is 22.6 Å². The van der Waals surface area contributed by atoms with Crippen molar-refractivity contribution in [3.05, 3.63) is 78.9 Å². The molecule has 0 saturated heterocycles. The predicted octanol–water partition coefficient (Wildman–Crippen LogP) is 3.89. The molecule has 0 spiro atoms. The van der Waals surface area contributed by atoms with Crippen LogP contribution in [-0.2, 0) is 14.4 Å². The topological polar surface area (TPSA) is 78.9 Å². The minimum atomic E-state index is -0.605. The van der Waals surface area contributed by atoms with E-state index in [9.17, 15) is 14.4 Å². The minimum Gasteiger partial charge on any atom is -0.426 e. The average molecular weight is 380 g/mol. The third-order valence-electron chi connectivity index (χ3n) is 3.87. The lowest BCUT2D eigenvalue weighted by atomic mass is 10.0. The molecule has 0 saturated carbocycles. The molecular weight excluding hydrogens is 360 g/mol. The second kappa shape index (κ2) is 9.32. The predicted molar refractivity (Wildman–Crippen MR) is 103 cm³/mol. The zero-order valence-electron chi connectivity index (χ0n) is 15.6. The van der Waals surface area contributed by atoms with Gasteiger partial charge in [-0.2, -0.15) is 0 Å². The van der Waals surface area contributed by atoms with Gasteiger partial charge in [-0.3, -0.25) is 4.79 Å². The van der Waals surface area contributed by atoms with Crippen molar-refractivity contribution in [2.24, 2.45) is 0 Å². The number of ether oxygens (including phenoxy) is 3. The molecule has 0 heterocycles. The van der Waals surface area contributed by atoms with Crippen molar-refractivity contribution in [1.82, 2.24) is 0 Å². The van der Waals surface area contributed by atoms with E-state index in [2.05, 4.69) is 13.2 Å². The molecule has 2 rings (SSSR count). The fourth-order valence-electron chi connectivity index (χ4n) is 2.23. The molecule has 0 radical (unpaired) electrons. The van der Waals surface area contributed by atoms with Gasteiger partial charge in [0.15, 0.2) is 0 Å². The molecule has 0 aliphatic carbocycles. The maximum absolute atomic E-state index is 12.5. The van der Waals surface area contributed by atoms with Crippen LogP contribution in [0.25, 0.3) is 0 Å². The Morgan fingerprint density at radius 3 is 1.96 bits per heavy atom. The van der Waals surface area contributed by atoms with Crippen molar-refractivity contribution in [3.8, 4) is 17.2 Å². The van der Waals surface area contributed by atoms with Gasteiger partial charge < -0.3 is 14.2 Å². The Hall–Kier alpha value is -3.67. The van der Waals surface area contributed by atoms with Crippen LogP contribution in [0.4, 0.5) is 0 Å². The molecule has 0 bridgehead atoms. The van der Waals surface area contributed by atoms with Crippen molar-refractivity contribution in [3.63, 3.8) is 0 Å². The summed E-state index contributed by atoms with van der Waals surface area (Å²) in [6.07, 6.45) is 2.11. The third-order valence-corrected chi connectivity index (χ3v) is 3.87. The van der Waals surface area contributed by atoms with Crippen molar-refractivity contribution in [1.29, 1.82) is 0 Å². The molecule has 0 aromatic heterocycles. The lowest BCUT2D eigenvalue weighted by molar-refractivity contribution is -0.135. The highest BCUT2D eigenvalue weighted by Gasteiger charge is 2.19. The third kappa shape index (κ3) is 5.41. The van der Waals surface area contributed by atoms with E-state index in [1.807, 2.05) is 0 Å². The summed E-state index contributed by atoms with van der Waals surface area (Å²) in [5, 5.41) is 0. The van der Waals surface area contributed by atoms with E-state index < -0.39 is 23.8 Å². The van der Waals surface area contributed by atoms with Crippen LogP contribution >= 0.6 is 0 Å². The quantitative estimate of drug-likeness (QED) is 0.412. The summed E-state index contributed by atoms with van der Waals surface area (Å²) in [6.45, 7) is 10.1. The average Bonchev–Trinajstić information content (AvgIpc) is 2.70. The Labute approximate surface area is 163 Å². The van der Waals surface area contributed by atoms with E-state index in [0.717, 1.165) is 12.2 Å². The van der Waals surface area contributed by atoms with Gasteiger partial charge in [0.2, 0.25) is 0 Å². The molecule has 28 heavy (non-hydrogen) atoms. The number of aryl methyl sites for hydroxylation is 1. The molecule has 0 N–H and O–H groups in total. The monoisotopic (exact) mass is 380 g/mol. The largest absolute Gasteiger partial charge is 0.426 e. The molecule has 1 unspecified atom stereocenters. The molecule has 144 valence electrons. The number of hydrogen-bond acceptors (Lipinski definition) is 6. The number of esters is 3. The zero-order chi connectivity index (χ0) is 20.7. The van der Waals surface area contributed by atoms with Crippen molar-refractivity contribution >= 4 is 17.9 Å². The van der Waals surface area contributed by atoms with Crippen LogP contribution in [0.3, 0.4) is 0 Å². The Bertz CT molecular complexity index is 911. The van der Waals surface area contributed by atoms with E-state index >= 15 is 0 Å². The highest BCUT2D eigenvalue weighted by molar-refractivity contribution is 5.84. The molecular formula is C22H20O6. The first-order chi connectivity index (χ1) is 13.3. The number of carbonyl (C=O) groups is 3. The second-order valence-electron chi connectivity index (χ2n) is 5.89. The van der Waals surface area contributed by atoms with Crippen molar-refractivity contribution in [2.45, 2.75) is 19.8 Å². The first-order valence-corrected chi connectivity index (χ1v) is 8.45. The fraction of sp³-hybridized carbons (Fsp3) is 0.136. The first kappa shape index (κ1) is 20.6. The number of benzene rings is 2. The summed E-state index contributed by atoms with van der Waals surface area (Å²) in [7, 11) is 0. The van der Waals surface area contributed by atoms with Gasteiger partial charge in [0.1, 0.15) is 17.2 Å². The zero-order valence-corrected chi connectivity index (χ0v) is 15.6. The van der Waals surface area contributed by atoms with Crippen LogP contribution in [0.1, 0.15) is 24.0 Å². The Kier molecular flexibility index (Phi) is 6.87.